The summed E-state index contributed by atoms with van der Waals surface area (Å²) in [6.45, 7) is -0.252. The van der Waals surface area contributed by atoms with E-state index in [1.165, 1.54) is 7.11 Å². The molecule has 0 unspecified atom stereocenters. The first-order valence-electron chi connectivity index (χ1n) is 4.10. The number of ether oxygens (including phenoxy) is 1. The van der Waals surface area contributed by atoms with E-state index in [1.54, 1.807) is 12.1 Å². The van der Waals surface area contributed by atoms with Crippen LogP contribution < -0.4 is 0 Å². The van der Waals surface area contributed by atoms with Crippen LogP contribution in [-0.4, -0.2) is 30.5 Å². The number of aliphatic hydroxyl groups is 2. The van der Waals surface area contributed by atoms with Gasteiger partial charge in [0.1, 0.15) is 5.60 Å². The van der Waals surface area contributed by atoms with E-state index in [9.17, 15) is 5.11 Å². The van der Waals surface area contributed by atoms with Crippen LogP contribution in [0.25, 0.3) is 0 Å². The van der Waals surface area contributed by atoms with Crippen molar-refractivity contribution in [1.29, 1.82) is 0 Å². The predicted octanol–water partition coefficient (Wildman–Crippen LogP) is 0.513. The molecule has 3 nitrogen and oxygen atoms in total. The molecule has 13 heavy (non-hydrogen) atoms. The number of rotatable bonds is 4. The number of hydrogen-bond acceptors (Lipinski definition) is 3. The molecule has 0 aliphatic heterocycles. The largest absolute Gasteiger partial charge is 0.393 e. The Morgan fingerprint density at radius 1 is 1.31 bits per heavy atom. The molecule has 2 N–H and O–H groups in total. The van der Waals surface area contributed by atoms with Gasteiger partial charge in [0.05, 0.1) is 13.2 Å². The fourth-order valence-corrected chi connectivity index (χ4v) is 1.21. The van der Waals surface area contributed by atoms with E-state index in [1.807, 2.05) is 18.2 Å². The van der Waals surface area contributed by atoms with Crippen LogP contribution in [-0.2, 0) is 10.3 Å². The Labute approximate surface area is 77.6 Å². The highest BCUT2D eigenvalue weighted by Crippen LogP contribution is 2.20. The van der Waals surface area contributed by atoms with Gasteiger partial charge in [-0.15, -0.1) is 0 Å². The average Bonchev–Trinajstić information content (AvgIpc) is 2.19. The van der Waals surface area contributed by atoms with E-state index in [2.05, 4.69) is 0 Å². The van der Waals surface area contributed by atoms with Gasteiger partial charge in [0.15, 0.2) is 0 Å². The molecule has 0 aliphatic carbocycles. The van der Waals surface area contributed by atoms with E-state index in [-0.39, 0.29) is 13.2 Å². The van der Waals surface area contributed by atoms with Crippen LogP contribution in [0, 0.1) is 0 Å². The van der Waals surface area contributed by atoms with Crippen LogP contribution in [0.5, 0.6) is 0 Å². The lowest BCUT2D eigenvalue weighted by atomic mass is 9.96. The van der Waals surface area contributed by atoms with Crippen LogP contribution in [0.15, 0.2) is 30.3 Å². The van der Waals surface area contributed by atoms with E-state index in [4.69, 9.17) is 9.84 Å². The van der Waals surface area contributed by atoms with Crippen molar-refractivity contribution < 1.29 is 14.9 Å². The third-order valence-electron chi connectivity index (χ3n) is 1.96. The van der Waals surface area contributed by atoms with Gasteiger partial charge in [0.2, 0.25) is 0 Å². The molecule has 0 heterocycles. The Bertz CT molecular complexity index is 248. The molecule has 0 aliphatic rings. The predicted molar refractivity (Wildman–Crippen MR) is 49.3 cm³/mol. The topological polar surface area (TPSA) is 49.7 Å². The van der Waals surface area contributed by atoms with Crippen molar-refractivity contribution >= 4 is 0 Å². The van der Waals surface area contributed by atoms with Crippen molar-refractivity contribution in [2.24, 2.45) is 0 Å². The Kier molecular flexibility index (Phi) is 3.42. The van der Waals surface area contributed by atoms with Crippen molar-refractivity contribution in [3.8, 4) is 0 Å². The minimum absolute atomic E-state index is 0.0908. The molecular weight excluding hydrogens is 168 g/mol. The summed E-state index contributed by atoms with van der Waals surface area (Å²) in [5.41, 5.74) is -0.616. The lowest BCUT2D eigenvalue weighted by Gasteiger charge is -2.25. The number of benzene rings is 1. The molecule has 1 aromatic rings. The van der Waals surface area contributed by atoms with Crippen LogP contribution in [0.2, 0.25) is 0 Å². The van der Waals surface area contributed by atoms with Gasteiger partial charge < -0.3 is 14.9 Å². The average molecular weight is 182 g/mol. The molecule has 1 atom stereocenters. The van der Waals surface area contributed by atoms with Gasteiger partial charge in [-0.2, -0.15) is 0 Å². The Morgan fingerprint density at radius 3 is 2.38 bits per heavy atom. The van der Waals surface area contributed by atoms with Crippen molar-refractivity contribution in [3.63, 3.8) is 0 Å². The zero-order valence-electron chi connectivity index (χ0n) is 7.60. The molecule has 0 amide bonds. The summed E-state index contributed by atoms with van der Waals surface area (Å²) in [5.74, 6) is 0. The number of hydrogen-bond donors (Lipinski definition) is 2. The molecule has 1 rings (SSSR count). The molecule has 0 bridgehead atoms. The minimum Gasteiger partial charge on any atom is -0.393 e. The molecule has 0 saturated heterocycles. The highest BCUT2D eigenvalue weighted by molar-refractivity contribution is 5.22. The third kappa shape index (κ3) is 2.28. The molecular formula is C10H14O3. The van der Waals surface area contributed by atoms with Gasteiger partial charge in [-0.25, -0.2) is 0 Å². The van der Waals surface area contributed by atoms with Crippen LogP contribution in [0.3, 0.4) is 0 Å². The molecule has 3 heteroatoms. The molecule has 0 saturated carbocycles. The maximum absolute atomic E-state index is 9.92. The normalized spacial score (nSPS) is 15.3. The third-order valence-corrected chi connectivity index (χ3v) is 1.96. The standard InChI is InChI=1S/C10H14O3/c1-13-8-10(12,7-11)9-5-3-2-4-6-9/h2-6,11-12H,7-8H2,1H3/t10-/m1/s1. The molecule has 0 radical (unpaired) electrons. The lowest BCUT2D eigenvalue weighted by Crippen LogP contribution is -2.35. The fourth-order valence-electron chi connectivity index (χ4n) is 1.21. The monoisotopic (exact) mass is 182 g/mol. The first kappa shape index (κ1) is 10.2. The zero-order valence-corrected chi connectivity index (χ0v) is 7.60. The van der Waals surface area contributed by atoms with E-state index >= 15 is 0 Å². The molecule has 1 aromatic carbocycles. The minimum atomic E-state index is -1.28. The van der Waals surface area contributed by atoms with Crippen LogP contribution >= 0.6 is 0 Å². The van der Waals surface area contributed by atoms with E-state index in [0.717, 1.165) is 0 Å². The van der Waals surface area contributed by atoms with Gasteiger partial charge in [-0.3, -0.25) is 0 Å². The SMILES string of the molecule is COC[C@](O)(CO)c1ccccc1. The van der Waals surface area contributed by atoms with Gasteiger partial charge in [-0.05, 0) is 5.56 Å². The van der Waals surface area contributed by atoms with E-state index < -0.39 is 5.60 Å². The first-order chi connectivity index (χ1) is 6.23. The Hall–Kier alpha value is -0.900. The van der Waals surface area contributed by atoms with Gasteiger partial charge in [-0.1, -0.05) is 30.3 Å². The first-order valence-corrected chi connectivity index (χ1v) is 4.10. The summed E-state index contributed by atoms with van der Waals surface area (Å²) in [7, 11) is 1.49. The second-order valence-electron chi connectivity index (χ2n) is 2.99. The number of methoxy groups -OCH3 is 1. The van der Waals surface area contributed by atoms with Crippen molar-refractivity contribution in [1.82, 2.24) is 0 Å². The highest BCUT2D eigenvalue weighted by Gasteiger charge is 2.27. The van der Waals surface area contributed by atoms with Gasteiger partial charge in [0.25, 0.3) is 0 Å². The summed E-state index contributed by atoms with van der Waals surface area (Å²) in [6.07, 6.45) is 0. The zero-order chi connectivity index (χ0) is 9.73. The maximum Gasteiger partial charge on any atom is 0.136 e. The second kappa shape index (κ2) is 4.37. The summed E-state index contributed by atoms with van der Waals surface area (Å²) < 4.78 is 4.84. The Balaban J connectivity index is 2.89. The van der Waals surface area contributed by atoms with E-state index in [0.29, 0.717) is 5.56 Å². The second-order valence-corrected chi connectivity index (χ2v) is 2.99. The van der Waals surface area contributed by atoms with Crippen molar-refractivity contribution in [2.75, 3.05) is 20.3 Å². The van der Waals surface area contributed by atoms with Crippen molar-refractivity contribution in [2.45, 2.75) is 5.60 Å². The van der Waals surface area contributed by atoms with Gasteiger partial charge >= 0.3 is 0 Å². The van der Waals surface area contributed by atoms with Crippen LogP contribution in [0.1, 0.15) is 5.56 Å². The molecule has 0 aromatic heterocycles. The summed E-state index contributed by atoms with van der Waals surface area (Å²) in [6, 6.07) is 9.00. The smallest absolute Gasteiger partial charge is 0.136 e. The Morgan fingerprint density at radius 2 is 1.92 bits per heavy atom. The molecule has 72 valence electrons. The number of aliphatic hydroxyl groups excluding tert-OH is 1. The fraction of sp³-hybridized carbons (Fsp3) is 0.400. The highest BCUT2D eigenvalue weighted by atomic mass is 16.5. The van der Waals surface area contributed by atoms with Crippen molar-refractivity contribution in [3.05, 3.63) is 35.9 Å². The lowest BCUT2D eigenvalue weighted by molar-refractivity contribution is -0.0718. The summed E-state index contributed by atoms with van der Waals surface area (Å²) in [4.78, 5) is 0. The molecule has 0 fully saturated rings. The molecule has 0 spiro atoms. The van der Waals surface area contributed by atoms with Crippen LogP contribution in [0.4, 0.5) is 0 Å². The summed E-state index contributed by atoms with van der Waals surface area (Å²) in [5, 5.41) is 19.0. The quantitative estimate of drug-likeness (QED) is 0.713. The van der Waals surface area contributed by atoms with Gasteiger partial charge in [0, 0.05) is 7.11 Å². The maximum atomic E-state index is 9.92. The summed E-state index contributed by atoms with van der Waals surface area (Å²) >= 11 is 0.